The van der Waals surface area contributed by atoms with Crippen LogP contribution < -0.4 is 0 Å². The highest BCUT2D eigenvalue weighted by atomic mass is 19.3. The molecular weight excluding hydrogens is 165 g/mol. The van der Waals surface area contributed by atoms with Gasteiger partial charge in [-0.2, -0.15) is 0 Å². The van der Waals surface area contributed by atoms with Crippen molar-refractivity contribution in [2.75, 3.05) is 13.7 Å². The first-order chi connectivity index (χ1) is 5.07. The van der Waals surface area contributed by atoms with Crippen molar-refractivity contribution in [1.29, 1.82) is 0 Å². The van der Waals surface area contributed by atoms with Crippen LogP contribution in [0, 0.1) is 0 Å². The van der Waals surface area contributed by atoms with Gasteiger partial charge in [0.05, 0.1) is 7.11 Å². The SMILES string of the molecule is COC(=O)OCC(F)C(F)F. The summed E-state index contributed by atoms with van der Waals surface area (Å²) in [6.07, 6.45) is -6.76. The van der Waals surface area contributed by atoms with Gasteiger partial charge in [0.25, 0.3) is 6.43 Å². The zero-order valence-electron chi connectivity index (χ0n) is 5.72. The van der Waals surface area contributed by atoms with Crippen LogP contribution in [0.2, 0.25) is 0 Å². The van der Waals surface area contributed by atoms with Gasteiger partial charge in [-0.05, 0) is 0 Å². The molecule has 0 aromatic carbocycles. The van der Waals surface area contributed by atoms with Gasteiger partial charge in [-0.25, -0.2) is 18.0 Å². The van der Waals surface area contributed by atoms with Crippen molar-refractivity contribution < 1.29 is 27.4 Å². The van der Waals surface area contributed by atoms with Gasteiger partial charge in [0, 0.05) is 0 Å². The lowest BCUT2D eigenvalue weighted by Gasteiger charge is -2.06. The number of carbonyl (C=O) groups excluding carboxylic acids is 1. The molecule has 0 aliphatic rings. The maximum absolute atomic E-state index is 11.9. The van der Waals surface area contributed by atoms with E-state index in [4.69, 9.17) is 0 Å². The van der Waals surface area contributed by atoms with E-state index in [1.165, 1.54) is 0 Å². The van der Waals surface area contributed by atoms with Crippen molar-refractivity contribution >= 4 is 6.16 Å². The molecule has 3 nitrogen and oxygen atoms in total. The Morgan fingerprint density at radius 2 is 2.00 bits per heavy atom. The second-order valence-corrected chi connectivity index (χ2v) is 1.62. The predicted molar refractivity (Wildman–Crippen MR) is 29.3 cm³/mol. The summed E-state index contributed by atoms with van der Waals surface area (Å²) >= 11 is 0. The first-order valence-corrected chi connectivity index (χ1v) is 2.71. The minimum Gasteiger partial charge on any atom is -0.438 e. The summed E-state index contributed by atoms with van der Waals surface area (Å²) in [4.78, 5) is 10.1. The molecule has 0 N–H and O–H groups in total. The number of hydrogen-bond donors (Lipinski definition) is 0. The van der Waals surface area contributed by atoms with Crippen LogP contribution in [0.1, 0.15) is 0 Å². The van der Waals surface area contributed by atoms with Crippen molar-refractivity contribution in [3.8, 4) is 0 Å². The third-order valence-corrected chi connectivity index (χ3v) is 0.800. The molecule has 0 fully saturated rings. The van der Waals surface area contributed by atoms with E-state index in [0.29, 0.717) is 0 Å². The fourth-order valence-corrected chi connectivity index (χ4v) is 0.279. The Morgan fingerprint density at radius 3 is 2.36 bits per heavy atom. The van der Waals surface area contributed by atoms with E-state index in [-0.39, 0.29) is 0 Å². The molecule has 66 valence electrons. The third-order valence-electron chi connectivity index (χ3n) is 0.800. The Bertz CT molecular complexity index is 128. The molecule has 0 spiro atoms. The summed E-state index contributed by atoms with van der Waals surface area (Å²) in [6.45, 7) is -0.982. The molecule has 0 heterocycles. The Kier molecular flexibility index (Phi) is 4.40. The topological polar surface area (TPSA) is 35.5 Å². The lowest BCUT2D eigenvalue weighted by molar-refractivity contribution is -0.00620. The van der Waals surface area contributed by atoms with Gasteiger partial charge >= 0.3 is 6.16 Å². The molecule has 0 aliphatic carbocycles. The molecule has 0 radical (unpaired) electrons. The van der Waals surface area contributed by atoms with E-state index in [9.17, 15) is 18.0 Å². The smallest absolute Gasteiger partial charge is 0.438 e. The average molecular weight is 172 g/mol. The zero-order chi connectivity index (χ0) is 8.85. The summed E-state index contributed by atoms with van der Waals surface area (Å²) < 4.78 is 42.5. The van der Waals surface area contributed by atoms with E-state index in [1.807, 2.05) is 0 Å². The highest BCUT2D eigenvalue weighted by molar-refractivity contribution is 5.59. The molecule has 0 saturated heterocycles. The molecule has 1 atom stereocenters. The van der Waals surface area contributed by atoms with Crippen LogP contribution >= 0.6 is 0 Å². The van der Waals surface area contributed by atoms with Crippen LogP contribution in [0.3, 0.4) is 0 Å². The number of rotatable bonds is 3. The summed E-state index contributed by atoms with van der Waals surface area (Å²) in [5.41, 5.74) is 0. The van der Waals surface area contributed by atoms with Gasteiger partial charge in [0.2, 0.25) is 0 Å². The molecular formula is C5H7F3O3. The fraction of sp³-hybridized carbons (Fsp3) is 0.800. The molecule has 0 aromatic heterocycles. The summed E-state index contributed by atoms with van der Waals surface area (Å²) in [7, 11) is 0.998. The molecule has 0 bridgehead atoms. The highest BCUT2D eigenvalue weighted by Crippen LogP contribution is 2.05. The second kappa shape index (κ2) is 4.81. The monoisotopic (exact) mass is 172 g/mol. The number of hydrogen-bond acceptors (Lipinski definition) is 3. The van der Waals surface area contributed by atoms with Gasteiger partial charge in [0.15, 0.2) is 6.17 Å². The number of alkyl halides is 3. The standard InChI is InChI=1S/C5H7F3O3/c1-10-5(9)11-2-3(6)4(7)8/h3-4H,2H2,1H3. The Morgan fingerprint density at radius 1 is 1.45 bits per heavy atom. The van der Waals surface area contributed by atoms with Gasteiger partial charge in [-0.1, -0.05) is 0 Å². The first kappa shape index (κ1) is 10.1. The van der Waals surface area contributed by atoms with Crippen molar-refractivity contribution in [3.05, 3.63) is 0 Å². The maximum Gasteiger partial charge on any atom is 0.508 e. The van der Waals surface area contributed by atoms with Gasteiger partial charge < -0.3 is 9.47 Å². The Hall–Kier alpha value is -0.940. The Labute approximate surface area is 61.1 Å². The van der Waals surface area contributed by atoms with Crippen LogP contribution in [-0.4, -0.2) is 32.5 Å². The van der Waals surface area contributed by atoms with E-state index in [0.717, 1.165) is 7.11 Å². The van der Waals surface area contributed by atoms with Crippen LogP contribution in [0.15, 0.2) is 0 Å². The van der Waals surface area contributed by atoms with E-state index >= 15 is 0 Å². The second-order valence-electron chi connectivity index (χ2n) is 1.62. The van der Waals surface area contributed by atoms with Gasteiger partial charge in [0.1, 0.15) is 6.61 Å². The predicted octanol–water partition coefficient (Wildman–Crippen LogP) is 1.37. The number of halogens is 3. The maximum atomic E-state index is 11.9. The van der Waals surface area contributed by atoms with Crippen LogP contribution in [-0.2, 0) is 9.47 Å². The normalized spacial score (nSPS) is 12.8. The van der Waals surface area contributed by atoms with Crippen molar-refractivity contribution in [3.63, 3.8) is 0 Å². The summed E-state index contributed by atoms with van der Waals surface area (Å²) in [5.74, 6) is 0. The minimum atomic E-state index is -3.14. The molecule has 0 rings (SSSR count). The molecule has 0 amide bonds. The lowest BCUT2D eigenvalue weighted by atomic mass is 10.4. The number of carbonyl (C=O) groups is 1. The van der Waals surface area contributed by atoms with Crippen molar-refractivity contribution in [2.24, 2.45) is 0 Å². The van der Waals surface area contributed by atoms with Gasteiger partial charge in [-0.15, -0.1) is 0 Å². The van der Waals surface area contributed by atoms with Gasteiger partial charge in [-0.3, -0.25) is 0 Å². The third kappa shape index (κ3) is 4.46. The van der Waals surface area contributed by atoms with Crippen LogP contribution in [0.25, 0.3) is 0 Å². The molecule has 1 unspecified atom stereocenters. The first-order valence-electron chi connectivity index (χ1n) is 2.71. The average Bonchev–Trinajstić information content (AvgIpc) is 1.99. The van der Waals surface area contributed by atoms with E-state index in [2.05, 4.69) is 9.47 Å². The summed E-state index contributed by atoms with van der Waals surface area (Å²) in [5, 5.41) is 0. The molecule has 6 heteroatoms. The van der Waals surface area contributed by atoms with Crippen LogP contribution in [0.4, 0.5) is 18.0 Å². The fourth-order valence-electron chi connectivity index (χ4n) is 0.279. The van der Waals surface area contributed by atoms with Crippen molar-refractivity contribution in [1.82, 2.24) is 0 Å². The molecule has 0 saturated carbocycles. The zero-order valence-corrected chi connectivity index (χ0v) is 5.72. The highest BCUT2D eigenvalue weighted by Gasteiger charge is 2.20. The van der Waals surface area contributed by atoms with E-state index < -0.39 is 25.4 Å². The lowest BCUT2D eigenvalue weighted by Crippen LogP contribution is -2.21. The Balaban J connectivity index is 3.45. The van der Waals surface area contributed by atoms with Crippen molar-refractivity contribution in [2.45, 2.75) is 12.6 Å². The quantitative estimate of drug-likeness (QED) is 0.603. The summed E-state index contributed by atoms with van der Waals surface area (Å²) in [6, 6.07) is 0. The number of ether oxygens (including phenoxy) is 2. The molecule has 0 aromatic rings. The molecule has 11 heavy (non-hydrogen) atoms. The molecule has 0 aliphatic heterocycles. The van der Waals surface area contributed by atoms with Crippen LogP contribution in [0.5, 0.6) is 0 Å². The minimum absolute atomic E-state index is 0.982. The number of methoxy groups -OCH3 is 1. The van der Waals surface area contributed by atoms with E-state index in [1.54, 1.807) is 0 Å². The largest absolute Gasteiger partial charge is 0.508 e.